The van der Waals surface area contributed by atoms with Crippen molar-refractivity contribution in [3.63, 3.8) is 0 Å². The molecule has 0 radical (unpaired) electrons. The number of hydrogen-bond donors (Lipinski definition) is 2. The topological polar surface area (TPSA) is 49.8 Å². The van der Waals surface area contributed by atoms with E-state index in [4.69, 9.17) is 0 Å². The molecule has 1 heterocycles. The fourth-order valence-corrected chi connectivity index (χ4v) is 1.77. The van der Waals surface area contributed by atoms with Crippen molar-refractivity contribution in [2.75, 3.05) is 17.7 Å². The lowest BCUT2D eigenvalue weighted by molar-refractivity contribution is -0.151. The number of nitrogens with zero attached hydrogens (tertiary/aromatic N) is 2. The van der Waals surface area contributed by atoms with Gasteiger partial charge in [0.1, 0.15) is 23.0 Å². The van der Waals surface area contributed by atoms with Crippen LogP contribution in [0.3, 0.4) is 0 Å². The van der Waals surface area contributed by atoms with E-state index in [2.05, 4.69) is 20.6 Å². The van der Waals surface area contributed by atoms with Gasteiger partial charge in [0.15, 0.2) is 0 Å². The highest BCUT2D eigenvalue weighted by Gasteiger charge is 2.63. The van der Waals surface area contributed by atoms with Crippen LogP contribution in [0.25, 0.3) is 0 Å². The monoisotopic (exact) mass is 274 g/mol. The van der Waals surface area contributed by atoms with Crippen molar-refractivity contribution in [3.05, 3.63) is 11.9 Å². The Balaban J connectivity index is 2.28. The van der Waals surface area contributed by atoms with Gasteiger partial charge in [-0.3, -0.25) is 0 Å². The standard InChI is InChI=1S/C12H17F3N4/c1-7(2)10-17-8(16-3)6-9(18-10)19-11(4-5-11)12(13,14)15/h6-7H,4-5H2,1-3H3,(H2,16,17,18,19). The summed E-state index contributed by atoms with van der Waals surface area (Å²) >= 11 is 0. The van der Waals surface area contributed by atoms with Gasteiger partial charge in [0, 0.05) is 19.0 Å². The van der Waals surface area contributed by atoms with Crippen molar-refractivity contribution in [2.24, 2.45) is 0 Å². The summed E-state index contributed by atoms with van der Waals surface area (Å²) in [5.41, 5.74) is -1.80. The van der Waals surface area contributed by atoms with Crippen molar-refractivity contribution >= 4 is 11.6 Å². The number of halogens is 3. The zero-order chi connectivity index (χ0) is 14.3. The minimum atomic E-state index is -4.25. The Bertz CT molecular complexity index is 467. The van der Waals surface area contributed by atoms with Crippen LogP contribution in [0.1, 0.15) is 38.4 Å². The maximum absolute atomic E-state index is 12.9. The Morgan fingerprint density at radius 1 is 1.21 bits per heavy atom. The molecule has 0 aromatic carbocycles. The lowest BCUT2D eigenvalue weighted by Crippen LogP contribution is -2.39. The molecule has 2 rings (SSSR count). The van der Waals surface area contributed by atoms with Gasteiger partial charge < -0.3 is 10.6 Å². The van der Waals surface area contributed by atoms with Gasteiger partial charge in [0.25, 0.3) is 0 Å². The van der Waals surface area contributed by atoms with E-state index in [-0.39, 0.29) is 24.6 Å². The van der Waals surface area contributed by atoms with Crippen molar-refractivity contribution in [2.45, 2.75) is 44.3 Å². The summed E-state index contributed by atoms with van der Waals surface area (Å²) in [5.74, 6) is 1.30. The van der Waals surface area contributed by atoms with E-state index in [0.717, 1.165) is 0 Å². The summed E-state index contributed by atoms with van der Waals surface area (Å²) in [7, 11) is 1.67. The second kappa shape index (κ2) is 4.54. The van der Waals surface area contributed by atoms with Gasteiger partial charge in [-0.2, -0.15) is 13.2 Å². The zero-order valence-corrected chi connectivity index (χ0v) is 11.1. The molecule has 1 fully saturated rings. The third-order valence-corrected chi connectivity index (χ3v) is 3.18. The molecule has 0 bridgehead atoms. The van der Waals surface area contributed by atoms with Gasteiger partial charge in [0.05, 0.1) is 0 Å². The Morgan fingerprint density at radius 3 is 2.21 bits per heavy atom. The highest BCUT2D eigenvalue weighted by molar-refractivity contribution is 5.50. The molecule has 1 aromatic heterocycles. The summed E-state index contributed by atoms with van der Waals surface area (Å²) in [6.45, 7) is 3.80. The predicted molar refractivity (Wildman–Crippen MR) is 67.3 cm³/mol. The first-order chi connectivity index (χ1) is 8.77. The molecule has 0 saturated heterocycles. The maximum atomic E-state index is 12.9. The Morgan fingerprint density at radius 2 is 1.79 bits per heavy atom. The SMILES string of the molecule is CNc1cc(NC2(C(F)(F)F)CC2)nc(C(C)C)n1. The Labute approximate surface area is 109 Å². The summed E-state index contributed by atoms with van der Waals surface area (Å²) in [6.07, 6.45) is -4.07. The fourth-order valence-electron chi connectivity index (χ4n) is 1.77. The van der Waals surface area contributed by atoms with Gasteiger partial charge >= 0.3 is 6.18 Å². The molecule has 0 aliphatic heterocycles. The normalized spacial score (nSPS) is 17.4. The van der Waals surface area contributed by atoms with Crippen molar-refractivity contribution in [1.29, 1.82) is 0 Å². The highest BCUT2D eigenvalue weighted by Crippen LogP contribution is 2.51. The average Bonchev–Trinajstić information content (AvgIpc) is 3.08. The first-order valence-electron chi connectivity index (χ1n) is 6.19. The molecule has 1 aliphatic carbocycles. The molecule has 1 aliphatic rings. The Hall–Kier alpha value is -1.53. The summed E-state index contributed by atoms with van der Waals surface area (Å²) in [5, 5.41) is 5.36. The molecule has 106 valence electrons. The van der Waals surface area contributed by atoms with Gasteiger partial charge in [-0.1, -0.05) is 13.8 Å². The Kier molecular flexibility index (Phi) is 3.32. The molecule has 1 saturated carbocycles. The van der Waals surface area contributed by atoms with Gasteiger partial charge in [-0.25, -0.2) is 9.97 Å². The van der Waals surface area contributed by atoms with E-state index in [1.807, 2.05) is 13.8 Å². The molecule has 1 aromatic rings. The van der Waals surface area contributed by atoms with Gasteiger partial charge in [0.2, 0.25) is 0 Å². The number of alkyl halides is 3. The second-order valence-corrected chi connectivity index (χ2v) is 5.11. The van der Waals surface area contributed by atoms with Crippen LogP contribution in [0.4, 0.5) is 24.8 Å². The molecular weight excluding hydrogens is 257 g/mol. The van der Waals surface area contributed by atoms with Crippen molar-refractivity contribution in [3.8, 4) is 0 Å². The van der Waals surface area contributed by atoms with Crippen LogP contribution in [0.2, 0.25) is 0 Å². The molecule has 4 nitrogen and oxygen atoms in total. The third kappa shape index (κ3) is 2.74. The largest absolute Gasteiger partial charge is 0.411 e. The molecule has 0 atom stereocenters. The van der Waals surface area contributed by atoms with E-state index >= 15 is 0 Å². The number of anilines is 2. The predicted octanol–water partition coefficient (Wildman–Crippen LogP) is 3.15. The first-order valence-corrected chi connectivity index (χ1v) is 6.19. The van der Waals surface area contributed by atoms with Crippen molar-refractivity contribution in [1.82, 2.24) is 9.97 Å². The van der Waals surface area contributed by atoms with Crippen molar-refractivity contribution < 1.29 is 13.2 Å². The van der Waals surface area contributed by atoms with Crippen LogP contribution in [0.15, 0.2) is 6.07 Å². The van der Waals surface area contributed by atoms with E-state index in [0.29, 0.717) is 11.6 Å². The molecule has 19 heavy (non-hydrogen) atoms. The zero-order valence-electron chi connectivity index (χ0n) is 11.1. The van der Waals surface area contributed by atoms with Crippen LogP contribution in [0, 0.1) is 0 Å². The minimum absolute atomic E-state index is 0.0508. The number of rotatable bonds is 4. The number of hydrogen-bond acceptors (Lipinski definition) is 4. The smallest absolute Gasteiger partial charge is 0.373 e. The van der Waals surface area contributed by atoms with E-state index in [1.54, 1.807) is 7.05 Å². The molecule has 0 amide bonds. The van der Waals surface area contributed by atoms with E-state index in [9.17, 15) is 13.2 Å². The lowest BCUT2D eigenvalue weighted by atomic mass is 10.2. The summed E-state index contributed by atoms with van der Waals surface area (Å²) in [4.78, 5) is 8.38. The van der Waals surface area contributed by atoms with Crippen LogP contribution in [0.5, 0.6) is 0 Å². The highest BCUT2D eigenvalue weighted by atomic mass is 19.4. The van der Waals surface area contributed by atoms with Crippen LogP contribution in [-0.2, 0) is 0 Å². The van der Waals surface area contributed by atoms with Crippen LogP contribution < -0.4 is 10.6 Å². The third-order valence-electron chi connectivity index (χ3n) is 3.18. The first kappa shape index (κ1) is 13.9. The van der Waals surface area contributed by atoms with Crippen LogP contribution >= 0.6 is 0 Å². The van der Waals surface area contributed by atoms with E-state index < -0.39 is 11.7 Å². The number of aromatic nitrogens is 2. The minimum Gasteiger partial charge on any atom is -0.373 e. The van der Waals surface area contributed by atoms with E-state index in [1.165, 1.54) is 6.07 Å². The van der Waals surface area contributed by atoms with Gasteiger partial charge in [-0.05, 0) is 12.8 Å². The second-order valence-electron chi connectivity index (χ2n) is 5.11. The summed E-state index contributed by atoms with van der Waals surface area (Å²) < 4.78 is 38.7. The molecule has 7 heteroatoms. The number of nitrogens with one attached hydrogen (secondary N) is 2. The fraction of sp³-hybridized carbons (Fsp3) is 0.667. The van der Waals surface area contributed by atoms with Gasteiger partial charge in [-0.15, -0.1) is 0 Å². The maximum Gasteiger partial charge on any atom is 0.411 e. The molecule has 0 spiro atoms. The average molecular weight is 274 g/mol. The summed E-state index contributed by atoms with van der Waals surface area (Å²) in [6, 6.07) is 1.50. The van der Waals surface area contributed by atoms with Crippen LogP contribution in [-0.4, -0.2) is 28.7 Å². The molecular formula is C12H17F3N4. The quantitative estimate of drug-likeness (QED) is 0.885. The lowest BCUT2D eigenvalue weighted by Gasteiger charge is -2.22. The molecule has 0 unspecified atom stereocenters. The molecule has 2 N–H and O–H groups in total.